The Bertz CT molecular complexity index is 357. The molecular weight excluding hydrogens is 238 g/mol. The van der Waals surface area contributed by atoms with Crippen molar-refractivity contribution in [3.63, 3.8) is 0 Å². The van der Waals surface area contributed by atoms with Crippen molar-refractivity contribution in [2.45, 2.75) is 32.6 Å². The van der Waals surface area contributed by atoms with Crippen LogP contribution in [-0.4, -0.2) is 25.6 Å². The van der Waals surface area contributed by atoms with Crippen LogP contribution < -0.4 is 10.6 Å². The van der Waals surface area contributed by atoms with Crippen LogP contribution in [0.25, 0.3) is 0 Å². The number of aliphatic imine (C=N–C) groups is 1. The van der Waals surface area contributed by atoms with Crippen molar-refractivity contribution in [3.05, 3.63) is 36.8 Å². The monoisotopic (exact) mass is 263 g/mol. The van der Waals surface area contributed by atoms with Crippen molar-refractivity contribution in [1.29, 1.82) is 0 Å². The van der Waals surface area contributed by atoms with Crippen molar-refractivity contribution >= 4 is 5.96 Å². The lowest BCUT2D eigenvalue weighted by atomic mass is 10.2. The number of guanidine groups is 1. The number of nitrogens with one attached hydrogen (secondary N) is 2. The highest BCUT2D eigenvalue weighted by Crippen LogP contribution is 1.99. The van der Waals surface area contributed by atoms with Crippen LogP contribution in [0.15, 0.2) is 40.5 Å². The van der Waals surface area contributed by atoms with Gasteiger partial charge in [0.25, 0.3) is 0 Å². The first kappa shape index (κ1) is 15.3. The van der Waals surface area contributed by atoms with Crippen molar-refractivity contribution in [2.75, 3.05) is 19.6 Å². The summed E-state index contributed by atoms with van der Waals surface area (Å²) < 4.78 is 5.29. The molecule has 0 atom stereocenters. The molecule has 1 aromatic rings. The molecular formula is C15H25N3O. The smallest absolute Gasteiger partial charge is 0.191 e. The molecule has 0 aliphatic heterocycles. The van der Waals surface area contributed by atoms with E-state index in [0.29, 0.717) is 0 Å². The molecule has 0 unspecified atom stereocenters. The van der Waals surface area contributed by atoms with Gasteiger partial charge in [0.15, 0.2) is 5.96 Å². The second-order valence-corrected chi connectivity index (χ2v) is 4.36. The molecule has 1 aromatic heterocycles. The van der Waals surface area contributed by atoms with Crippen LogP contribution in [0.3, 0.4) is 0 Å². The van der Waals surface area contributed by atoms with Gasteiger partial charge in [-0.25, -0.2) is 0 Å². The third-order valence-electron chi connectivity index (χ3n) is 2.69. The first-order valence-corrected chi connectivity index (χ1v) is 7.02. The van der Waals surface area contributed by atoms with E-state index in [4.69, 9.17) is 4.42 Å². The minimum Gasteiger partial charge on any atom is -0.469 e. The summed E-state index contributed by atoms with van der Waals surface area (Å²) >= 11 is 0. The maximum atomic E-state index is 5.29. The Labute approximate surface area is 116 Å². The molecule has 19 heavy (non-hydrogen) atoms. The Kier molecular flexibility index (Phi) is 8.27. The van der Waals surface area contributed by atoms with Crippen LogP contribution in [0.4, 0.5) is 0 Å². The van der Waals surface area contributed by atoms with E-state index in [1.54, 1.807) is 6.26 Å². The number of unbranched alkanes of at least 4 members (excludes halogenated alkanes) is 2. The molecule has 1 heterocycles. The van der Waals surface area contributed by atoms with E-state index in [1.807, 2.05) is 18.2 Å². The van der Waals surface area contributed by atoms with E-state index in [2.05, 4.69) is 29.1 Å². The molecule has 2 N–H and O–H groups in total. The molecule has 0 spiro atoms. The SMILES string of the molecule is C=CCNC(=NCCCCC)NCCc1ccco1. The second kappa shape index (κ2) is 10.2. The molecule has 0 radical (unpaired) electrons. The third kappa shape index (κ3) is 7.34. The summed E-state index contributed by atoms with van der Waals surface area (Å²) in [6.45, 7) is 8.29. The van der Waals surface area contributed by atoms with Crippen molar-refractivity contribution < 1.29 is 4.42 Å². The summed E-state index contributed by atoms with van der Waals surface area (Å²) in [6.07, 6.45) is 7.97. The van der Waals surface area contributed by atoms with E-state index < -0.39 is 0 Å². The molecule has 0 fully saturated rings. The predicted molar refractivity (Wildman–Crippen MR) is 80.4 cm³/mol. The van der Waals surface area contributed by atoms with Gasteiger partial charge >= 0.3 is 0 Å². The van der Waals surface area contributed by atoms with Gasteiger partial charge in [0, 0.05) is 26.1 Å². The van der Waals surface area contributed by atoms with Gasteiger partial charge in [-0.15, -0.1) is 6.58 Å². The number of rotatable bonds is 9. The fourth-order valence-electron chi connectivity index (χ4n) is 1.65. The average Bonchev–Trinajstić information content (AvgIpc) is 2.93. The van der Waals surface area contributed by atoms with E-state index in [-0.39, 0.29) is 0 Å². The Morgan fingerprint density at radius 2 is 2.32 bits per heavy atom. The van der Waals surface area contributed by atoms with Crippen LogP contribution >= 0.6 is 0 Å². The molecule has 4 nitrogen and oxygen atoms in total. The Hall–Kier alpha value is -1.71. The highest BCUT2D eigenvalue weighted by Gasteiger charge is 1.99. The van der Waals surface area contributed by atoms with Crippen LogP contribution in [0.1, 0.15) is 31.9 Å². The molecule has 0 aromatic carbocycles. The summed E-state index contributed by atoms with van der Waals surface area (Å²) in [6, 6.07) is 3.89. The summed E-state index contributed by atoms with van der Waals surface area (Å²) in [5, 5.41) is 6.52. The Balaban J connectivity index is 2.28. The fraction of sp³-hybridized carbons (Fsp3) is 0.533. The molecule has 0 saturated carbocycles. The van der Waals surface area contributed by atoms with Gasteiger partial charge in [-0.3, -0.25) is 4.99 Å². The van der Waals surface area contributed by atoms with Gasteiger partial charge in [0.1, 0.15) is 5.76 Å². The first-order chi connectivity index (χ1) is 9.36. The summed E-state index contributed by atoms with van der Waals surface area (Å²) in [5.41, 5.74) is 0. The second-order valence-electron chi connectivity index (χ2n) is 4.36. The molecule has 0 bridgehead atoms. The molecule has 0 saturated heterocycles. The van der Waals surface area contributed by atoms with Crippen LogP contribution in [-0.2, 0) is 6.42 Å². The zero-order chi connectivity index (χ0) is 13.8. The zero-order valence-corrected chi connectivity index (χ0v) is 11.8. The quantitative estimate of drug-likeness (QED) is 0.312. The van der Waals surface area contributed by atoms with E-state index in [0.717, 1.165) is 44.2 Å². The average molecular weight is 263 g/mol. The summed E-state index contributed by atoms with van der Waals surface area (Å²) in [5.74, 6) is 1.84. The highest BCUT2D eigenvalue weighted by molar-refractivity contribution is 5.79. The van der Waals surface area contributed by atoms with Crippen LogP contribution in [0, 0.1) is 0 Å². The van der Waals surface area contributed by atoms with Crippen molar-refractivity contribution in [1.82, 2.24) is 10.6 Å². The van der Waals surface area contributed by atoms with E-state index in [1.165, 1.54) is 12.8 Å². The van der Waals surface area contributed by atoms with Crippen molar-refractivity contribution in [3.8, 4) is 0 Å². The topological polar surface area (TPSA) is 49.6 Å². The predicted octanol–water partition coefficient (Wildman–Crippen LogP) is 2.73. The summed E-state index contributed by atoms with van der Waals surface area (Å²) in [7, 11) is 0. The molecule has 106 valence electrons. The van der Waals surface area contributed by atoms with E-state index in [9.17, 15) is 0 Å². The van der Waals surface area contributed by atoms with Gasteiger partial charge in [0.05, 0.1) is 6.26 Å². The number of hydrogen-bond donors (Lipinski definition) is 2. The maximum absolute atomic E-state index is 5.29. The van der Waals surface area contributed by atoms with Gasteiger partial charge in [-0.05, 0) is 18.6 Å². The van der Waals surface area contributed by atoms with Gasteiger partial charge in [-0.1, -0.05) is 25.8 Å². The minimum atomic E-state index is 0.723. The largest absolute Gasteiger partial charge is 0.469 e. The third-order valence-corrected chi connectivity index (χ3v) is 2.69. The maximum Gasteiger partial charge on any atom is 0.191 e. The molecule has 0 aliphatic rings. The lowest BCUT2D eigenvalue weighted by Gasteiger charge is -2.10. The minimum absolute atomic E-state index is 0.723. The Morgan fingerprint density at radius 1 is 1.42 bits per heavy atom. The summed E-state index contributed by atoms with van der Waals surface area (Å²) in [4.78, 5) is 4.53. The van der Waals surface area contributed by atoms with E-state index >= 15 is 0 Å². The lowest BCUT2D eigenvalue weighted by Crippen LogP contribution is -2.38. The van der Waals surface area contributed by atoms with Crippen LogP contribution in [0.5, 0.6) is 0 Å². The molecule has 0 amide bonds. The molecule has 4 heteroatoms. The zero-order valence-electron chi connectivity index (χ0n) is 11.8. The molecule has 0 aliphatic carbocycles. The number of hydrogen-bond acceptors (Lipinski definition) is 2. The molecule has 1 rings (SSSR count). The van der Waals surface area contributed by atoms with Crippen LogP contribution in [0.2, 0.25) is 0 Å². The van der Waals surface area contributed by atoms with Gasteiger partial charge in [-0.2, -0.15) is 0 Å². The normalized spacial score (nSPS) is 11.3. The lowest BCUT2D eigenvalue weighted by molar-refractivity contribution is 0.507. The fourth-order valence-corrected chi connectivity index (χ4v) is 1.65. The first-order valence-electron chi connectivity index (χ1n) is 7.02. The van der Waals surface area contributed by atoms with Gasteiger partial charge in [0.2, 0.25) is 0 Å². The Morgan fingerprint density at radius 3 is 3.00 bits per heavy atom. The highest BCUT2D eigenvalue weighted by atomic mass is 16.3. The van der Waals surface area contributed by atoms with Crippen molar-refractivity contribution in [2.24, 2.45) is 4.99 Å². The number of nitrogens with zero attached hydrogens (tertiary/aromatic N) is 1. The number of furan rings is 1. The standard InChI is InChI=1S/C15H25N3O/c1-3-5-6-11-17-15(16-10-4-2)18-12-9-14-8-7-13-19-14/h4,7-8,13H,2-3,5-6,9-12H2,1H3,(H2,16,17,18). The van der Waals surface area contributed by atoms with Gasteiger partial charge < -0.3 is 15.1 Å².